The maximum atomic E-state index is 13.8. The normalized spacial score (nSPS) is 11.8. The fourth-order valence-electron chi connectivity index (χ4n) is 5.01. The SMILES string of the molecule is C[C@H](NC(=O)c1cc(-c2ccccc2)cn2ncc(C(=O)c3ccc4ccccc4c3)c12)c1ccc(C(=O)O)cc1. The van der Waals surface area contributed by atoms with Crippen LogP contribution in [-0.4, -0.2) is 32.4 Å². The van der Waals surface area contributed by atoms with Crippen molar-refractivity contribution in [3.8, 4) is 11.1 Å². The minimum absolute atomic E-state index is 0.167. The van der Waals surface area contributed by atoms with Crippen molar-refractivity contribution in [3.63, 3.8) is 0 Å². The molecule has 1 atom stereocenters. The molecule has 0 bridgehead atoms. The van der Waals surface area contributed by atoms with E-state index in [1.165, 1.54) is 18.3 Å². The highest BCUT2D eigenvalue weighted by atomic mass is 16.4. The van der Waals surface area contributed by atoms with Crippen LogP contribution in [0.25, 0.3) is 27.4 Å². The Kier molecular flexibility index (Phi) is 6.61. The quantitative estimate of drug-likeness (QED) is 0.223. The number of aromatic nitrogens is 2. The third-order valence-electron chi connectivity index (χ3n) is 7.23. The van der Waals surface area contributed by atoms with Crippen LogP contribution in [0.2, 0.25) is 0 Å². The van der Waals surface area contributed by atoms with E-state index in [1.807, 2.05) is 79.9 Å². The number of rotatable bonds is 7. The molecule has 7 heteroatoms. The zero-order valence-corrected chi connectivity index (χ0v) is 22.1. The summed E-state index contributed by atoms with van der Waals surface area (Å²) >= 11 is 0. The molecule has 0 unspecified atom stereocenters. The summed E-state index contributed by atoms with van der Waals surface area (Å²) in [6, 6.07) is 30.7. The number of hydrogen-bond donors (Lipinski definition) is 2. The average Bonchev–Trinajstić information content (AvgIpc) is 3.44. The molecule has 0 aliphatic heterocycles. The molecule has 6 aromatic rings. The third-order valence-corrected chi connectivity index (χ3v) is 7.23. The van der Waals surface area contributed by atoms with Gasteiger partial charge in [0, 0.05) is 17.3 Å². The van der Waals surface area contributed by atoms with Crippen molar-refractivity contribution >= 4 is 33.9 Å². The molecule has 0 aliphatic rings. The highest BCUT2D eigenvalue weighted by Gasteiger charge is 2.23. The van der Waals surface area contributed by atoms with Gasteiger partial charge in [-0.2, -0.15) is 5.10 Å². The number of amides is 1. The second kappa shape index (κ2) is 10.5. The molecule has 6 rings (SSSR count). The van der Waals surface area contributed by atoms with E-state index in [0.717, 1.165) is 27.5 Å². The smallest absolute Gasteiger partial charge is 0.335 e. The zero-order chi connectivity index (χ0) is 28.5. The van der Waals surface area contributed by atoms with Crippen LogP contribution in [0.1, 0.15) is 55.2 Å². The number of fused-ring (bicyclic) bond motifs is 2. The molecule has 7 nitrogen and oxygen atoms in total. The van der Waals surface area contributed by atoms with Crippen LogP contribution in [0.3, 0.4) is 0 Å². The van der Waals surface area contributed by atoms with E-state index in [-0.39, 0.29) is 17.3 Å². The molecule has 41 heavy (non-hydrogen) atoms. The predicted octanol–water partition coefficient (Wildman–Crippen LogP) is 6.57. The Hall–Kier alpha value is -5.56. The molecule has 1 amide bonds. The van der Waals surface area contributed by atoms with Crippen LogP contribution < -0.4 is 5.32 Å². The van der Waals surface area contributed by atoms with Crippen LogP contribution in [0.4, 0.5) is 0 Å². The summed E-state index contributed by atoms with van der Waals surface area (Å²) < 4.78 is 1.58. The van der Waals surface area contributed by atoms with E-state index < -0.39 is 12.0 Å². The molecule has 0 saturated carbocycles. The van der Waals surface area contributed by atoms with Crippen LogP contribution in [0.15, 0.2) is 116 Å². The van der Waals surface area contributed by atoms with Crippen molar-refractivity contribution in [1.82, 2.24) is 14.9 Å². The number of carbonyl (C=O) groups is 3. The number of benzene rings is 4. The van der Waals surface area contributed by atoms with Gasteiger partial charge in [-0.15, -0.1) is 0 Å². The lowest BCUT2D eigenvalue weighted by atomic mass is 9.98. The van der Waals surface area contributed by atoms with Crippen molar-refractivity contribution in [2.75, 3.05) is 0 Å². The summed E-state index contributed by atoms with van der Waals surface area (Å²) in [4.78, 5) is 38.9. The number of carboxylic acid groups (broad SMARTS) is 1. The zero-order valence-electron chi connectivity index (χ0n) is 22.1. The van der Waals surface area contributed by atoms with E-state index in [1.54, 1.807) is 28.8 Å². The summed E-state index contributed by atoms with van der Waals surface area (Å²) in [5.41, 5.74) is 4.14. The first kappa shape index (κ1) is 25.7. The first-order valence-corrected chi connectivity index (χ1v) is 13.1. The summed E-state index contributed by atoms with van der Waals surface area (Å²) in [7, 11) is 0. The van der Waals surface area contributed by atoms with Gasteiger partial charge in [0.15, 0.2) is 5.78 Å². The van der Waals surface area contributed by atoms with Crippen molar-refractivity contribution < 1.29 is 19.5 Å². The molecule has 0 fully saturated rings. The minimum Gasteiger partial charge on any atom is -0.478 e. The van der Waals surface area contributed by atoms with Crippen molar-refractivity contribution in [3.05, 3.63) is 143 Å². The number of aromatic carboxylic acids is 1. The molecule has 0 spiro atoms. The van der Waals surface area contributed by atoms with Crippen LogP contribution >= 0.6 is 0 Å². The Balaban J connectivity index is 1.42. The number of hydrogen-bond acceptors (Lipinski definition) is 4. The molecule has 0 radical (unpaired) electrons. The first-order valence-electron chi connectivity index (χ1n) is 13.1. The molecular formula is C34H25N3O4. The van der Waals surface area contributed by atoms with Crippen LogP contribution in [-0.2, 0) is 0 Å². The van der Waals surface area contributed by atoms with Gasteiger partial charge in [0.1, 0.15) is 0 Å². The Labute approximate surface area is 235 Å². The van der Waals surface area contributed by atoms with Crippen molar-refractivity contribution in [2.45, 2.75) is 13.0 Å². The standard InChI is InChI=1S/C34H25N3O4/c1-21(22-11-14-25(15-12-22)34(40)41)36-33(39)29-18-28(23-7-3-2-4-8-23)20-37-31(29)30(19-35-37)32(38)27-16-13-24-9-5-6-10-26(24)17-27/h2-21H,1H3,(H,36,39)(H,40,41)/t21-/m0/s1. The summed E-state index contributed by atoms with van der Waals surface area (Å²) in [5, 5.41) is 18.7. The number of carboxylic acids is 1. The van der Waals surface area contributed by atoms with Crippen LogP contribution in [0, 0.1) is 0 Å². The number of nitrogens with one attached hydrogen (secondary N) is 1. The lowest BCUT2D eigenvalue weighted by molar-refractivity contribution is 0.0696. The van der Waals surface area contributed by atoms with E-state index in [2.05, 4.69) is 10.4 Å². The molecule has 0 aliphatic carbocycles. The van der Waals surface area contributed by atoms with Crippen molar-refractivity contribution in [1.29, 1.82) is 0 Å². The van der Waals surface area contributed by atoms with Gasteiger partial charge in [-0.25, -0.2) is 9.31 Å². The van der Waals surface area contributed by atoms with E-state index in [0.29, 0.717) is 22.2 Å². The summed E-state index contributed by atoms with van der Waals surface area (Å²) in [5.74, 6) is -1.63. The maximum absolute atomic E-state index is 13.8. The number of pyridine rings is 1. The second-order valence-electron chi connectivity index (χ2n) is 9.87. The van der Waals surface area contributed by atoms with Gasteiger partial charge < -0.3 is 10.4 Å². The van der Waals surface area contributed by atoms with Gasteiger partial charge in [0.2, 0.25) is 0 Å². The molecule has 2 aromatic heterocycles. The largest absolute Gasteiger partial charge is 0.478 e. The molecular weight excluding hydrogens is 514 g/mol. The van der Waals surface area contributed by atoms with Gasteiger partial charge >= 0.3 is 5.97 Å². The highest BCUT2D eigenvalue weighted by Crippen LogP contribution is 2.28. The molecule has 2 heterocycles. The predicted molar refractivity (Wildman–Crippen MR) is 157 cm³/mol. The van der Waals surface area contributed by atoms with Crippen LogP contribution in [0.5, 0.6) is 0 Å². The van der Waals surface area contributed by atoms with E-state index in [9.17, 15) is 19.5 Å². The van der Waals surface area contributed by atoms with Gasteiger partial charge in [0.05, 0.1) is 34.4 Å². The maximum Gasteiger partial charge on any atom is 0.335 e. The van der Waals surface area contributed by atoms with E-state index >= 15 is 0 Å². The Morgan fingerprint density at radius 2 is 1.44 bits per heavy atom. The highest BCUT2D eigenvalue weighted by molar-refractivity contribution is 6.17. The average molecular weight is 540 g/mol. The lowest BCUT2D eigenvalue weighted by Gasteiger charge is -2.16. The van der Waals surface area contributed by atoms with Gasteiger partial charge in [0.25, 0.3) is 5.91 Å². The van der Waals surface area contributed by atoms with Gasteiger partial charge in [-0.3, -0.25) is 9.59 Å². The van der Waals surface area contributed by atoms with Gasteiger partial charge in [-0.1, -0.05) is 78.9 Å². The van der Waals surface area contributed by atoms with Crippen molar-refractivity contribution in [2.24, 2.45) is 0 Å². The minimum atomic E-state index is -1.02. The second-order valence-corrected chi connectivity index (χ2v) is 9.87. The molecule has 4 aromatic carbocycles. The lowest BCUT2D eigenvalue weighted by Crippen LogP contribution is -2.27. The van der Waals surface area contributed by atoms with E-state index in [4.69, 9.17) is 0 Å². The summed E-state index contributed by atoms with van der Waals surface area (Å²) in [6.07, 6.45) is 3.32. The van der Waals surface area contributed by atoms with Gasteiger partial charge in [-0.05, 0) is 53.1 Å². The monoisotopic (exact) mass is 539 g/mol. The Bertz CT molecular complexity index is 1940. The fraction of sp³-hybridized carbons (Fsp3) is 0.0588. The number of carbonyl (C=O) groups excluding carboxylic acids is 2. The molecule has 200 valence electrons. The molecule has 2 N–H and O–H groups in total. The third kappa shape index (κ3) is 4.96. The summed E-state index contributed by atoms with van der Waals surface area (Å²) in [6.45, 7) is 1.82. The topological polar surface area (TPSA) is 101 Å². The number of nitrogens with zero attached hydrogens (tertiary/aromatic N) is 2. The Morgan fingerprint density at radius 1 is 0.756 bits per heavy atom. The number of ketones is 1. The fourth-order valence-corrected chi connectivity index (χ4v) is 5.01. The Morgan fingerprint density at radius 3 is 2.17 bits per heavy atom. The first-order chi connectivity index (χ1) is 19.9. The molecule has 0 saturated heterocycles.